The van der Waals surface area contributed by atoms with Gasteiger partial charge in [0.2, 0.25) is 0 Å². The molecule has 1 amide bonds. The highest BCUT2D eigenvalue weighted by molar-refractivity contribution is 6.30. The molecule has 1 unspecified atom stereocenters. The van der Waals surface area contributed by atoms with Crippen LogP contribution in [0.3, 0.4) is 0 Å². The Kier molecular flexibility index (Phi) is 5.41. The lowest BCUT2D eigenvalue weighted by Crippen LogP contribution is -2.19. The number of carbonyl (C=O) groups is 1. The van der Waals surface area contributed by atoms with E-state index >= 15 is 0 Å². The van der Waals surface area contributed by atoms with Crippen molar-refractivity contribution in [3.63, 3.8) is 0 Å². The third kappa shape index (κ3) is 3.79. The molecule has 3 heterocycles. The van der Waals surface area contributed by atoms with E-state index in [-0.39, 0.29) is 12.1 Å². The molecule has 1 aliphatic heterocycles. The second kappa shape index (κ2) is 8.12. The summed E-state index contributed by atoms with van der Waals surface area (Å²) in [7, 11) is 1.59. The number of halogens is 1. The second-order valence-electron chi connectivity index (χ2n) is 6.71. The fourth-order valence-electron chi connectivity index (χ4n) is 3.38. The van der Waals surface area contributed by atoms with E-state index in [1.807, 2.05) is 41.2 Å². The van der Waals surface area contributed by atoms with Gasteiger partial charge in [0.05, 0.1) is 0 Å². The summed E-state index contributed by atoms with van der Waals surface area (Å²) in [6, 6.07) is 11.3. The molecule has 28 heavy (non-hydrogen) atoms. The standard InChI is InChI=1S/C21H21ClN4O2/c1-23-21(27)18-12-14(8-9-24-18)17-13-26(19-7-2-3-10-28-19)25-20(17)15-5-4-6-16(22)11-15/h4-6,8-9,11-13,19H,2-3,7,10H2,1H3,(H,23,27). The number of carbonyl (C=O) groups excluding carboxylic acids is 1. The summed E-state index contributed by atoms with van der Waals surface area (Å²) in [5, 5.41) is 8.09. The molecule has 4 rings (SSSR count). The van der Waals surface area contributed by atoms with Crippen LogP contribution in [0.1, 0.15) is 36.0 Å². The quantitative estimate of drug-likeness (QED) is 0.712. The van der Waals surface area contributed by atoms with E-state index in [1.54, 1.807) is 19.3 Å². The third-order valence-corrected chi connectivity index (χ3v) is 5.05. The van der Waals surface area contributed by atoms with Crippen LogP contribution in [0.15, 0.2) is 48.8 Å². The number of pyridine rings is 1. The maximum atomic E-state index is 12.0. The summed E-state index contributed by atoms with van der Waals surface area (Å²) in [6.45, 7) is 0.739. The maximum Gasteiger partial charge on any atom is 0.269 e. The van der Waals surface area contributed by atoms with Crippen LogP contribution < -0.4 is 5.32 Å². The lowest BCUT2D eigenvalue weighted by Gasteiger charge is -2.22. The van der Waals surface area contributed by atoms with Gasteiger partial charge in [0.25, 0.3) is 5.91 Å². The molecule has 7 heteroatoms. The summed E-state index contributed by atoms with van der Waals surface area (Å²) in [5.74, 6) is -0.228. The highest BCUT2D eigenvalue weighted by atomic mass is 35.5. The Labute approximate surface area is 168 Å². The van der Waals surface area contributed by atoms with Gasteiger partial charge in [-0.15, -0.1) is 0 Å². The minimum atomic E-state index is -0.228. The van der Waals surface area contributed by atoms with Crippen molar-refractivity contribution < 1.29 is 9.53 Å². The van der Waals surface area contributed by atoms with E-state index in [0.717, 1.165) is 48.3 Å². The summed E-state index contributed by atoms with van der Waals surface area (Å²) < 4.78 is 7.78. The van der Waals surface area contributed by atoms with Crippen LogP contribution in [0.2, 0.25) is 5.02 Å². The van der Waals surface area contributed by atoms with Crippen molar-refractivity contribution in [1.29, 1.82) is 0 Å². The number of ether oxygens (including phenoxy) is 1. The van der Waals surface area contributed by atoms with Gasteiger partial charge in [0.15, 0.2) is 0 Å². The first kappa shape index (κ1) is 18.7. The molecule has 0 saturated carbocycles. The molecule has 3 aromatic rings. The zero-order valence-corrected chi connectivity index (χ0v) is 16.3. The van der Waals surface area contributed by atoms with Gasteiger partial charge in [-0.05, 0) is 49.1 Å². The van der Waals surface area contributed by atoms with Crippen molar-refractivity contribution in [2.75, 3.05) is 13.7 Å². The SMILES string of the molecule is CNC(=O)c1cc(-c2cn(C3CCCCO3)nc2-c2cccc(Cl)c2)ccn1. The van der Waals surface area contributed by atoms with Crippen LogP contribution in [0.25, 0.3) is 22.4 Å². The van der Waals surface area contributed by atoms with Crippen molar-refractivity contribution in [3.05, 3.63) is 59.5 Å². The van der Waals surface area contributed by atoms with Crippen LogP contribution >= 0.6 is 11.6 Å². The molecule has 0 aliphatic carbocycles. The number of amides is 1. The molecular weight excluding hydrogens is 376 g/mol. The van der Waals surface area contributed by atoms with Gasteiger partial charge >= 0.3 is 0 Å². The molecule has 1 aliphatic rings. The molecular formula is C21H21ClN4O2. The summed E-state index contributed by atoms with van der Waals surface area (Å²) in [6.07, 6.45) is 6.65. The Balaban J connectivity index is 1.82. The number of hydrogen-bond donors (Lipinski definition) is 1. The van der Waals surface area contributed by atoms with Gasteiger partial charge in [-0.1, -0.05) is 23.7 Å². The van der Waals surface area contributed by atoms with Crippen LogP contribution in [0.5, 0.6) is 0 Å². The Hall–Kier alpha value is -2.70. The summed E-state index contributed by atoms with van der Waals surface area (Å²) in [4.78, 5) is 16.2. The zero-order chi connectivity index (χ0) is 19.5. The maximum absolute atomic E-state index is 12.0. The lowest BCUT2D eigenvalue weighted by atomic mass is 10.0. The van der Waals surface area contributed by atoms with Crippen LogP contribution in [0, 0.1) is 0 Å². The van der Waals surface area contributed by atoms with Crippen LogP contribution in [0.4, 0.5) is 0 Å². The van der Waals surface area contributed by atoms with Crippen molar-refractivity contribution in [1.82, 2.24) is 20.1 Å². The molecule has 144 valence electrons. The predicted octanol–water partition coefficient (Wildman–Crippen LogP) is 4.32. The van der Waals surface area contributed by atoms with Gasteiger partial charge < -0.3 is 10.1 Å². The number of rotatable bonds is 4. The first-order chi connectivity index (χ1) is 13.7. The molecule has 2 aromatic heterocycles. The van der Waals surface area contributed by atoms with Crippen molar-refractivity contribution in [3.8, 4) is 22.4 Å². The molecule has 1 aromatic carbocycles. The Morgan fingerprint density at radius 2 is 2.14 bits per heavy atom. The molecule has 1 saturated heterocycles. The Morgan fingerprint density at radius 3 is 2.89 bits per heavy atom. The van der Waals surface area contributed by atoms with Gasteiger partial charge in [-0.3, -0.25) is 9.78 Å². The summed E-state index contributed by atoms with van der Waals surface area (Å²) in [5.41, 5.74) is 3.84. The molecule has 0 radical (unpaired) electrons. The van der Waals surface area contributed by atoms with E-state index in [4.69, 9.17) is 21.4 Å². The lowest BCUT2D eigenvalue weighted by molar-refractivity contribution is -0.0393. The smallest absolute Gasteiger partial charge is 0.269 e. The number of nitrogens with one attached hydrogen (secondary N) is 1. The Morgan fingerprint density at radius 1 is 1.25 bits per heavy atom. The van der Waals surface area contributed by atoms with E-state index < -0.39 is 0 Å². The number of aromatic nitrogens is 3. The number of benzene rings is 1. The third-order valence-electron chi connectivity index (χ3n) is 4.81. The van der Waals surface area contributed by atoms with E-state index in [9.17, 15) is 4.79 Å². The average molecular weight is 397 g/mol. The number of nitrogens with zero attached hydrogens (tertiary/aromatic N) is 3. The van der Waals surface area contributed by atoms with Gasteiger partial charge in [0, 0.05) is 42.2 Å². The van der Waals surface area contributed by atoms with E-state index in [1.165, 1.54) is 0 Å². The fraction of sp³-hybridized carbons (Fsp3) is 0.286. The second-order valence-corrected chi connectivity index (χ2v) is 7.15. The van der Waals surface area contributed by atoms with Crippen molar-refractivity contribution in [2.24, 2.45) is 0 Å². The van der Waals surface area contributed by atoms with E-state index in [2.05, 4.69) is 10.3 Å². The van der Waals surface area contributed by atoms with Crippen LogP contribution in [-0.2, 0) is 4.74 Å². The first-order valence-corrected chi connectivity index (χ1v) is 9.68. The molecule has 1 atom stereocenters. The van der Waals surface area contributed by atoms with Crippen LogP contribution in [-0.4, -0.2) is 34.3 Å². The average Bonchev–Trinajstić information content (AvgIpc) is 3.19. The largest absolute Gasteiger partial charge is 0.357 e. The summed E-state index contributed by atoms with van der Waals surface area (Å²) >= 11 is 6.21. The Bertz CT molecular complexity index is 996. The zero-order valence-electron chi connectivity index (χ0n) is 15.6. The first-order valence-electron chi connectivity index (χ1n) is 9.31. The molecule has 6 nitrogen and oxygen atoms in total. The molecule has 0 spiro atoms. The van der Waals surface area contributed by atoms with Crippen molar-refractivity contribution in [2.45, 2.75) is 25.5 Å². The minimum absolute atomic E-state index is 0.0827. The highest BCUT2D eigenvalue weighted by Gasteiger charge is 2.21. The minimum Gasteiger partial charge on any atom is -0.357 e. The normalized spacial score (nSPS) is 16.7. The highest BCUT2D eigenvalue weighted by Crippen LogP contribution is 2.34. The van der Waals surface area contributed by atoms with Gasteiger partial charge in [-0.25, -0.2) is 4.68 Å². The number of hydrogen-bond acceptors (Lipinski definition) is 4. The van der Waals surface area contributed by atoms with Gasteiger partial charge in [0.1, 0.15) is 17.6 Å². The van der Waals surface area contributed by atoms with Gasteiger partial charge in [-0.2, -0.15) is 5.10 Å². The molecule has 1 N–H and O–H groups in total. The molecule has 0 bridgehead atoms. The predicted molar refractivity (Wildman–Crippen MR) is 108 cm³/mol. The molecule has 1 fully saturated rings. The van der Waals surface area contributed by atoms with E-state index in [0.29, 0.717) is 10.7 Å². The van der Waals surface area contributed by atoms with Crippen molar-refractivity contribution >= 4 is 17.5 Å². The topological polar surface area (TPSA) is 69.0 Å². The fourth-order valence-corrected chi connectivity index (χ4v) is 3.57. The monoisotopic (exact) mass is 396 g/mol.